The van der Waals surface area contributed by atoms with Crippen LogP contribution in [0.4, 0.5) is 0 Å². The lowest BCUT2D eigenvalue weighted by Gasteiger charge is -2.23. The zero-order chi connectivity index (χ0) is 18.1. The molecule has 0 radical (unpaired) electrons. The number of benzene rings is 1. The van der Waals surface area contributed by atoms with Gasteiger partial charge < -0.3 is 9.47 Å². The maximum atomic E-state index is 6.02. The lowest BCUT2D eigenvalue weighted by Crippen LogP contribution is -2.19. The highest BCUT2D eigenvalue weighted by Crippen LogP contribution is 2.30. The van der Waals surface area contributed by atoms with Crippen molar-refractivity contribution >= 4 is 0 Å². The summed E-state index contributed by atoms with van der Waals surface area (Å²) in [4.78, 5) is 0. The molecule has 2 rings (SSSR count). The first kappa shape index (κ1) is 20.3. The van der Waals surface area contributed by atoms with E-state index in [2.05, 4.69) is 39.0 Å². The van der Waals surface area contributed by atoms with E-state index in [1.54, 1.807) is 0 Å². The van der Waals surface area contributed by atoms with Gasteiger partial charge in [-0.3, -0.25) is 0 Å². The van der Waals surface area contributed by atoms with Gasteiger partial charge >= 0.3 is 0 Å². The Balaban J connectivity index is 1.79. The van der Waals surface area contributed by atoms with Crippen LogP contribution >= 0.6 is 0 Å². The molecule has 0 aliphatic heterocycles. The quantitative estimate of drug-likeness (QED) is 0.427. The molecule has 1 aliphatic carbocycles. The summed E-state index contributed by atoms with van der Waals surface area (Å²) < 4.78 is 11.9. The Labute approximate surface area is 155 Å². The minimum Gasteiger partial charge on any atom is -0.465 e. The smallest absolute Gasteiger partial charge is 0.196 e. The minimum absolute atomic E-state index is 0.177. The Morgan fingerprint density at radius 3 is 2.52 bits per heavy atom. The molecule has 142 valence electrons. The second-order valence-corrected chi connectivity index (χ2v) is 8.16. The standard InChI is InChI=1S/C23H38O2/c1-5-21(16-18(2)3)22-12-9-13-23(17-22)25-19(4)24-15-14-20-10-7-6-8-11-20/h9,12-13,17-21H,5-8,10-11,14-16H2,1-4H3. The van der Waals surface area contributed by atoms with Crippen LogP contribution in [-0.4, -0.2) is 12.9 Å². The van der Waals surface area contributed by atoms with E-state index in [9.17, 15) is 0 Å². The second kappa shape index (κ2) is 10.9. The van der Waals surface area contributed by atoms with Gasteiger partial charge in [0, 0.05) is 0 Å². The average Bonchev–Trinajstić information content (AvgIpc) is 2.60. The van der Waals surface area contributed by atoms with Crippen LogP contribution < -0.4 is 4.74 Å². The van der Waals surface area contributed by atoms with Crippen LogP contribution in [0.2, 0.25) is 0 Å². The van der Waals surface area contributed by atoms with Gasteiger partial charge in [0.05, 0.1) is 6.61 Å². The van der Waals surface area contributed by atoms with E-state index >= 15 is 0 Å². The first-order valence-corrected chi connectivity index (χ1v) is 10.5. The van der Waals surface area contributed by atoms with E-state index in [0.717, 1.165) is 24.2 Å². The topological polar surface area (TPSA) is 18.5 Å². The van der Waals surface area contributed by atoms with E-state index in [1.807, 2.05) is 13.0 Å². The normalized spacial score (nSPS) is 18.3. The first-order valence-electron chi connectivity index (χ1n) is 10.5. The van der Waals surface area contributed by atoms with E-state index in [-0.39, 0.29) is 6.29 Å². The summed E-state index contributed by atoms with van der Waals surface area (Å²) >= 11 is 0. The third kappa shape index (κ3) is 7.40. The van der Waals surface area contributed by atoms with Gasteiger partial charge in [-0.2, -0.15) is 0 Å². The summed E-state index contributed by atoms with van der Waals surface area (Å²) in [7, 11) is 0. The molecular formula is C23H38O2. The van der Waals surface area contributed by atoms with Gasteiger partial charge in [-0.1, -0.05) is 65.0 Å². The van der Waals surface area contributed by atoms with Crippen LogP contribution in [-0.2, 0) is 4.74 Å². The third-order valence-electron chi connectivity index (χ3n) is 5.48. The van der Waals surface area contributed by atoms with Crippen LogP contribution in [0.1, 0.15) is 90.5 Å². The third-order valence-corrected chi connectivity index (χ3v) is 5.48. The monoisotopic (exact) mass is 346 g/mol. The van der Waals surface area contributed by atoms with Crippen molar-refractivity contribution < 1.29 is 9.47 Å². The largest absolute Gasteiger partial charge is 0.465 e. The van der Waals surface area contributed by atoms with Gasteiger partial charge in [0.2, 0.25) is 0 Å². The summed E-state index contributed by atoms with van der Waals surface area (Å²) in [5.41, 5.74) is 1.39. The summed E-state index contributed by atoms with van der Waals surface area (Å²) in [6.07, 6.45) is 10.4. The van der Waals surface area contributed by atoms with Crippen molar-refractivity contribution in [2.24, 2.45) is 11.8 Å². The number of ether oxygens (including phenoxy) is 2. The van der Waals surface area contributed by atoms with E-state index in [4.69, 9.17) is 9.47 Å². The highest BCUT2D eigenvalue weighted by molar-refractivity contribution is 5.31. The highest BCUT2D eigenvalue weighted by Gasteiger charge is 2.15. The zero-order valence-electron chi connectivity index (χ0n) is 16.8. The second-order valence-electron chi connectivity index (χ2n) is 8.16. The first-order chi connectivity index (χ1) is 12.1. The summed E-state index contributed by atoms with van der Waals surface area (Å²) in [5.74, 6) is 3.14. The molecule has 1 aliphatic rings. The number of hydrogen-bond donors (Lipinski definition) is 0. The van der Waals surface area contributed by atoms with Crippen molar-refractivity contribution in [1.29, 1.82) is 0 Å². The Kier molecular flexibility index (Phi) is 8.81. The van der Waals surface area contributed by atoms with Crippen molar-refractivity contribution in [3.05, 3.63) is 29.8 Å². The van der Waals surface area contributed by atoms with E-state index < -0.39 is 0 Å². The predicted molar refractivity (Wildman–Crippen MR) is 106 cm³/mol. The molecule has 0 spiro atoms. The van der Waals surface area contributed by atoms with Crippen molar-refractivity contribution in [1.82, 2.24) is 0 Å². The maximum absolute atomic E-state index is 6.02. The van der Waals surface area contributed by atoms with Crippen LogP contribution in [0.25, 0.3) is 0 Å². The Hall–Kier alpha value is -1.02. The number of rotatable bonds is 10. The molecule has 1 fully saturated rings. The van der Waals surface area contributed by atoms with Gasteiger partial charge in [-0.05, 0) is 61.6 Å². The van der Waals surface area contributed by atoms with Gasteiger partial charge in [0.15, 0.2) is 6.29 Å². The molecule has 2 atom stereocenters. The molecule has 0 aromatic heterocycles. The lowest BCUT2D eigenvalue weighted by atomic mass is 9.87. The molecular weight excluding hydrogens is 308 g/mol. The minimum atomic E-state index is -0.177. The van der Waals surface area contributed by atoms with Crippen molar-refractivity contribution in [3.63, 3.8) is 0 Å². The van der Waals surface area contributed by atoms with Crippen molar-refractivity contribution in [2.75, 3.05) is 6.61 Å². The molecule has 2 heteroatoms. The highest BCUT2D eigenvalue weighted by atomic mass is 16.7. The Morgan fingerprint density at radius 1 is 1.08 bits per heavy atom. The fraction of sp³-hybridized carbons (Fsp3) is 0.739. The fourth-order valence-corrected chi connectivity index (χ4v) is 4.05. The maximum Gasteiger partial charge on any atom is 0.196 e. The molecule has 1 aromatic rings. The van der Waals surface area contributed by atoms with Crippen LogP contribution in [0, 0.1) is 11.8 Å². The average molecular weight is 347 g/mol. The van der Waals surface area contributed by atoms with Crippen molar-refractivity contribution in [2.45, 2.75) is 91.3 Å². The Bertz CT molecular complexity index is 477. The summed E-state index contributed by atoms with van der Waals surface area (Å²) in [5, 5.41) is 0. The Morgan fingerprint density at radius 2 is 1.84 bits per heavy atom. The molecule has 0 N–H and O–H groups in total. The molecule has 0 saturated heterocycles. The molecule has 0 heterocycles. The molecule has 0 amide bonds. The molecule has 1 aromatic carbocycles. The van der Waals surface area contributed by atoms with Gasteiger partial charge in [0.25, 0.3) is 0 Å². The molecule has 0 bridgehead atoms. The SMILES string of the molecule is CCC(CC(C)C)c1cccc(OC(C)OCCC2CCCCC2)c1. The molecule has 1 saturated carbocycles. The predicted octanol–water partition coefficient (Wildman–Crippen LogP) is 6.94. The van der Waals surface area contributed by atoms with Crippen LogP contribution in [0.3, 0.4) is 0 Å². The van der Waals surface area contributed by atoms with Gasteiger partial charge in [-0.15, -0.1) is 0 Å². The van der Waals surface area contributed by atoms with Crippen molar-refractivity contribution in [3.8, 4) is 5.75 Å². The fourth-order valence-electron chi connectivity index (χ4n) is 4.05. The molecule has 2 unspecified atom stereocenters. The van der Waals surface area contributed by atoms with Crippen LogP contribution in [0.15, 0.2) is 24.3 Å². The van der Waals surface area contributed by atoms with Gasteiger partial charge in [0.1, 0.15) is 5.75 Å². The summed E-state index contributed by atoms with van der Waals surface area (Å²) in [6, 6.07) is 8.60. The van der Waals surface area contributed by atoms with E-state index in [0.29, 0.717) is 5.92 Å². The lowest BCUT2D eigenvalue weighted by molar-refractivity contribution is -0.0711. The van der Waals surface area contributed by atoms with Crippen LogP contribution in [0.5, 0.6) is 5.75 Å². The molecule has 2 nitrogen and oxygen atoms in total. The van der Waals surface area contributed by atoms with E-state index in [1.165, 1.54) is 56.9 Å². The molecule has 25 heavy (non-hydrogen) atoms. The zero-order valence-corrected chi connectivity index (χ0v) is 16.8. The number of hydrogen-bond acceptors (Lipinski definition) is 2. The summed E-state index contributed by atoms with van der Waals surface area (Å²) in [6.45, 7) is 9.70. The van der Waals surface area contributed by atoms with Gasteiger partial charge in [-0.25, -0.2) is 0 Å².